The topological polar surface area (TPSA) is 64.0 Å². The normalized spacial score (nSPS) is 26.0. The highest BCUT2D eigenvalue weighted by Crippen LogP contribution is 2.50. The van der Waals surface area contributed by atoms with Crippen molar-refractivity contribution in [2.75, 3.05) is 6.54 Å². The fourth-order valence-electron chi connectivity index (χ4n) is 2.91. The second-order valence-electron chi connectivity index (χ2n) is 5.71. The molecule has 0 aromatic carbocycles. The van der Waals surface area contributed by atoms with E-state index < -0.39 is 0 Å². The summed E-state index contributed by atoms with van der Waals surface area (Å²) in [6.07, 6.45) is 9.35. The van der Waals surface area contributed by atoms with E-state index in [1.54, 1.807) is 0 Å². The molecule has 112 valence electrons. The highest BCUT2D eigenvalue weighted by Gasteiger charge is 2.44. The number of carbonyl (C=O) groups is 1. The van der Waals surface area contributed by atoms with E-state index >= 15 is 0 Å². The van der Waals surface area contributed by atoms with Gasteiger partial charge in [0.15, 0.2) is 0 Å². The van der Waals surface area contributed by atoms with Gasteiger partial charge in [0.25, 0.3) is 11.5 Å². The van der Waals surface area contributed by atoms with Crippen molar-refractivity contribution in [3.05, 3.63) is 52.2 Å². The van der Waals surface area contributed by atoms with Crippen LogP contribution in [0.15, 0.2) is 41.1 Å². The van der Waals surface area contributed by atoms with Gasteiger partial charge in [0.1, 0.15) is 5.56 Å². The second kappa shape index (κ2) is 5.31. The molecule has 2 aliphatic carbocycles. The molecule has 1 heterocycles. The summed E-state index contributed by atoms with van der Waals surface area (Å²) in [4.78, 5) is 28.2. The average molecular weight is 287 g/mol. The van der Waals surface area contributed by atoms with Gasteiger partial charge in [-0.2, -0.15) is 0 Å². The van der Waals surface area contributed by atoms with Gasteiger partial charge >= 0.3 is 0 Å². The Hall–Kier alpha value is -2.17. The Bertz CT molecular complexity index is 693. The zero-order valence-corrected chi connectivity index (χ0v) is 12.2. The summed E-state index contributed by atoms with van der Waals surface area (Å²) in [5.41, 5.74) is 0.908. The molecule has 0 aliphatic heterocycles. The van der Waals surface area contributed by atoms with Gasteiger partial charge in [-0.3, -0.25) is 14.2 Å². The van der Waals surface area contributed by atoms with Crippen LogP contribution in [-0.4, -0.2) is 22.0 Å². The Kier molecular flexibility index (Phi) is 3.49. The van der Waals surface area contributed by atoms with Crippen LogP contribution in [0, 0.1) is 17.8 Å². The summed E-state index contributed by atoms with van der Waals surface area (Å²) in [6, 6.07) is 0. The van der Waals surface area contributed by atoms with Gasteiger partial charge in [0.2, 0.25) is 0 Å². The number of nitrogens with one attached hydrogen (secondary N) is 1. The summed E-state index contributed by atoms with van der Waals surface area (Å²) < 4.78 is 1.49. The van der Waals surface area contributed by atoms with Crippen molar-refractivity contribution < 1.29 is 6.22 Å². The van der Waals surface area contributed by atoms with Crippen molar-refractivity contribution in [3.63, 3.8) is 0 Å². The van der Waals surface area contributed by atoms with Crippen LogP contribution >= 0.6 is 0 Å². The molecular formula is C16H21N3O2. The van der Waals surface area contributed by atoms with Gasteiger partial charge in [-0.05, 0) is 30.3 Å². The molecule has 0 bridgehead atoms. The smallest absolute Gasteiger partial charge is 0.266 e. The Balaban J connectivity index is 0.00000176. The second-order valence-corrected chi connectivity index (χ2v) is 5.71. The van der Waals surface area contributed by atoms with Crippen molar-refractivity contribution in [2.45, 2.75) is 20.4 Å². The standard InChI is InChI=1S/C16H19N3O2.H2/c1-3-18-15(20)14-7-17-9-19(16(14)21)8-11-4-5-12-10(2)13(12)6-11;/h4-7,9-10,12-13H,3,8H2,1-2H3,(H,18,20);1H. The Labute approximate surface area is 124 Å². The molecule has 0 spiro atoms. The van der Waals surface area contributed by atoms with E-state index in [0.717, 1.165) is 5.57 Å². The third-order valence-corrected chi connectivity index (χ3v) is 4.29. The van der Waals surface area contributed by atoms with E-state index in [1.807, 2.05) is 6.92 Å². The van der Waals surface area contributed by atoms with Crippen molar-refractivity contribution in [2.24, 2.45) is 17.8 Å². The van der Waals surface area contributed by atoms with Crippen LogP contribution in [0.25, 0.3) is 0 Å². The molecule has 3 rings (SSSR count). The summed E-state index contributed by atoms with van der Waals surface area (Å²) in [6.45, 7) is 5.01. The van der Waals surface area contributed by atoms with E-state index in [1.165, 1.54) is 17.1 Å². The van der Waals surface area contributed by atoms with Crippen LogP contribution in [-0.2, 0) is 6.54 Å². The first-order valence-corrected chi connectivity index (χ1v) is 7.33. The third kappa shape index (κ3) is 2.55. The number of fused-ring (bicyclic) bond motifs is 1. The number of amides is 1. The molecule has 21 heavy (non-hydrogen) atoms. The number of hydrogen-bond donors (Lipinski definition) is 1. The lowest BCUT2D eigenvalue weighted by atomic mass is 10.1. The highest BCUT2D eigenvalue weighted by atomic mass is 16.2. The fraction of sp³-hybridized carbons (Fsp3) is 0.438. The van der Waals surface area contributed by atoms with Gasteiger partial charge < -0.3 is 5.32 Å². The molecule has 1 N–H and O–H groups in total. The van der Waals surface area contributed by atoms with Gasteiger partial charge in [-0.1, -0.05) is 25.2 Å². The van der Waals surface area contributed by atoms with E-state index in [2.05, 4.69) is 35.5 Å². The van der Waals surface area contributed by atoms with Crippen LogP contribution in [0.1, 0.15) is 25.6 Å². The van der Waals surface area contributed by atoms with Crippen molar-refractivity contribution in [1.29, 1.82) is 0 Å². The van der Waals surface area contributed by atoms with E-state index in [0.29, 0.717) is 30.8 Å². The predicted molar refractivity (Wildman–Crippen MR) is 82.0 cm³/mol. The number of allylic oxidation sites excluding steroid dienone is 4. The van der Waals surface area contributed by atoms with Crippen molar-refractivity contribution in [3.8, 4) is 0 Å². The number of rotatable bonds is 4. The van der Waals surface area contributed by atoms with E-state index in [4.69, 9.17) is 0 Å². The lowest BCUT2D eigenvalue weighted by Crippen LogP contribution is -2.33. The quantitative estimate of drug-likeness (QED) is 0.915. The maximum Gasteiger partial charge on any atom is 0.266 e. The van der Waals surface area contributed by atoms with Gasteiger partial charge in [0, 0.05) is 14.2 Å². The van der Waals surface area contributed by atoms with E-state index in [9.17, 15) is 9.59 Å². The molecule has 1 aromatic heterocycles. The minimum absolute atomic E-state index is 0. The first-order chi connectivity index (χ1) is 10.1. The molecule has 0 radical (unpaired) electrons. The van der Waals surface area contributed by atoms with Crippen LogP contribution < -0.4 is 10.9 Å². The lowest BCUT2D eigenvalue weighted by molar-refractivity contribution is 0.0953. The number of carbonyl (C=O) groups excluding carboxylic acids is 1. The maximum atomic E-state index is 12.3. The lowest BCUT2D eigenvalue weighted by Gasteiger charge is -2.10. The predicted octanol–water partition coefficient (Wildman–Crippen LogP) is 1.62. The molecule has 0 saturated heterocycles. The minimum atomic E-state index is -0.367. The molecule has 1 fully saturated rings. The van der Waals surface area contributed by atoms with E-state index in [-0.39, 0.29) is 18.5 Å². The molecule has 5 nitrogen and oxygen atoms in total. The molecule has 1 saturated carbocycles. The monoisotopic (exact) mass is 287 g/mol. The van der Waals surface area contributed by atoms with Gasteiger partial charge in [-0.15, -0.1) is 0 Å². The number of nitrogens with zero attached hydrogens (tertiary/aromatic N) is 2. The minimum Gasteiger partial charge on any atom is -0.352 e. The zero-order chi connectivity index (χ0) is 15.0. The molecule has 3 unspecified atom stereocenters. The van der Waals surface area contributed by atoms with Gasteiger partial charge in [-0.25, -0.2) is 4.98 Å². The zero-order valence-electron chi connectivity index (χ0n) is 12.2. The third-order valence-electron chi connectivity index (χ3n) is 4.29. The highest BCUT2D eigenvalue weighted by molar-refractivity contribution is 5.93. The SMILES string of the molecule is CCNC(=O)c1cncn(CC2=CC3C(C)C3C=C2)c1=O.[HH]. The summed E-state index contributed by atoms with van der Waals surface area (Å²) in [5, 5.41) is 2.63. The average Bonchev–Trinajstić information content (AvgIpc) is 3.11. The number of hydrogen-bond acceptors (Lipinski definition) is 3. The van der Waals surface area contributed by atoms with Crippen LogP contribution in [0.5, 0.6) is 0 Å². The summed E-state index contributed by atoms with van der Waals surface area (Å²) in [7, 11) is 0. The van der Waals surface area contributed by atoms with Crippen LogP contribution in [0.3, 0.4) is 0 Å². The molecule has 1 aromatic rings. The molecule has 5 heteroatoms. The molecule has 2 aliphatic rings. The van der Waals surface area contributed by atoms with Crippen molar-refractivity contribution >= 4 is 5.91 Å². The summed E-state index contributed by atoms with van der Waals surface area (Å²) >= 11 is 0. The maximum absolute atomic E-state index is 12.3. The van der Waals surface area contributed by atoms with Gasteiger partial charge in [0.05, 0.1) is 12.9 Å². The van der Waals surface area contributed by atoms with Crippen LogP contribution in [0.2, 0.25) is 0 Å². The summed E-state index contributed by atoms with van der Waals surface area (Å²) in [5.74, 6) is 1.62. The first kappa shape index (κ1) is 13.8. The Morgan fingerprint density at radius 1 is 1.48 bits per heavy atom. The Morgan fingerprint density at radius 3 is 3.00 bits per heavy atom. The van der Waals surface area contributed by atoms with Crippen LogP contribution in [0.4, 0.5) is 0 Å². The first-order valence-electron chi connectivity index (χ1n) is 7.33. The number of aromatic nitrogens is 2. The Morgan fingerprint density at radius 2 is 2.29 bits per heavy atom. The fourth-order valence-corrected chi connectivity index (χ4v) is 2.91. The molecule has 3 atom stereocenters. The van der Waals surface area contributed by atoms with Crippen molar-refractivity contribution in [1.82, 2.24) is 14.9 Å². The largest absolute Gasteiger partial charge is 0.352 e. The molecule has 1 amide bonds. The molecular weight excluding hydrogens is 266 g/mol.